The van der Waals surface area contributed by atoms with E-state index in [2.05, 4.69) is 10.3 Å². The number of anilines is 1. The second kappa shape index (κ2) is 7.79. The fourth-order valence-electron chi connectivity index (χ4n) is 2.89. The molecule has 1 aliphatic heterocycles. The second-order valence-electron chi connectivity index (χ2n) is 7.40. The standard InChI is InChI=1S/C17H27FN4O2/c1-17(2,3)12-22(9-10-23)16(24)20-13-6-8-21(11-13)15-14(18)5-4-7-19-15/h4-5,7,13,23H,6,8-12H2,1-3H3,(H,20,24). The molecule has 0 bridgehead atoms. The molecule has 0 spiro atoms. The molecule has 2 heterocycles. The minimum absolute atomic E-state index is 0.0503. The van der Waals surface area contributed by atoms with Crippen LogP contribution in [0.5, 0.6) is 0 Å². The Labute approximate surface area is 142 Å². The second-order valence-corrected chi connectivity index (χ2v) is 7.40. The van der Waals surface area contributed by atoms with E-state index in [0.29, 0.717) is 32.0 Å². The molecule has 0 radical (unpaired) electrons. The molecular formula is C17H27FN4O2. The van der Waals surface area contributed by atoms with Crippen LogP contribution in [0.1, 0.15) is 27.2 Å². The monoisotopic (exact) mass is 338 g/mol. The first-order valence-corrected chi connectivity index (χ1v) is 8.32. The number of halogens is 1. The van der Waals surface area contributed by atoms with Gasteiger partial charge < -0.3 is 20.2 Å². The Bertz CT molecular complexity index is 562. The van der Waals surface area contributed by atoms with E-state index >= 15 is 0 Å². The van der Waals surface area contributed by atoms with Crippen LogP contribution in [0.4, 0.5) is 15.0 Å². The first-order valence-electron chi connectivity index (χ1n) is 8.32. The molecule has 1 atom stereocenters. The fourth-order valence-corrected chi connectivity index (χ4v) is 2.89. The van der Waals surface area contributed by atoms with Gasteiger partial charge in [0, 0.05) is 38.4 Å². The number of carbonyl (C=O) groups excluding carboxylic acids is 1. The number of amides is 2. The Morgan fingerprint density at radius 1 is 1.54 bits per heavy atom. The third-order valence-electron chi connectivity index (χ3n) is 3.88. The van der Waals surface area contributed by atoms with Crippen molar-refractivity contribution in [3.8, 4) is 0 Å². The van der Waals surface area contributed by atoms with E-state index in [0.717, 1.165) is 6.42 Å². The van der Waals surface area contributed by atoms with Crippen molar-refractivity contribution < 1.29 is 14.3 Å². The molecule has 1 aromatic rings. The van der Waals surface area contributed by atoms with Crippen molar-refractivity contribution >= 4 is 11.8 Å². The van der Waals surface area contributed by atoms with Crippen LogP contribution in [0.3, 0.4) is 0 Å². The van der Waals surface area contributed by atoms with Gasteiger partial charge in [0.15, 0.2) is 11.6 Å². The highest BCUT2D eigenvalue weighted by atomic mass is 19.1. The molecule has 2 N–H and O–H groups in total. The highest BCUT2D eigenvalue weighted by Crippen LogP contribution is 2.21. The summed E-state index contributed by atoms with van der Waals surface area (Å²) in [7, 11) is 0. The maximum atomic E-state index is 13.8. The Hall–Kier alpha value is -1.89. The molecule has 1 fully saturated rings. The number of aliphatic hydroxyl groups excluding tert-OH is 1. The average molecular weight is 338 g/mol. The lowest BCUT2D eigenvalue weighted by atomic mass is 9.96. The number of aliphatic hydroxyl groups is 1. The Morgan fingerprint density at radius 2 is 2.29 bits per heavy atom. The van der Waals surface area contributed by atoms with E-state index < -0.39 is 0 Å². The van der Waals surface area contributed by atoms with Crippen LogP contribution in [0.25, 0.3) is 0 Å². The van der Waals surface area contributed by atoms with Gasteiger partial charge in [-0.1, -0.05) is 20.8 Å². The Morgan fingerprint density at radius 3 is 2.92 bits per heavy atom. The van der Waals surface area contributed by atoms with E-state index in [1.807, 2.05) is 25.7 Å². The van der Waals surface area contributed by atoms with Crippen molar-refractivity contribution in [2.75, 3.05) is 37.7 Å². The molecule has 6 nitrogen and oxygen atoms in total. The molecular weight excluding hydrogens is 311 g/mol. The van der Waals surface area contributed by atoms with Gasteiger partial charge in [0.1, 0.15) is 0 Å². The van der Waals surface area contributed by atoms with E-state index in [1.54, 1.807) is 17.2 Å². The number of carbonyl (C=O) groups is 1. The molecule has 1 aliphatic rings. The summed E-state index contributed by atoms with van der Waals surface area (Å²) in [5.41, 5.74) is -0.0503. The summed E-state index contributed by atoms with van der Waals surface area (Å²) in [5.74, 6) is -0.0183. The van der Waals surface area contributed by atoms with Gasteiger partial charge in [-0.25, -0.2) is 14.2 Å². The SMILES string of the molecule is CC(C)(C)CN(CCO)C(=O)NC1CCN(c2ncccc2F)C1. The highest BCUT2D eigenvalue weighted by Gasteiger charge is 2.28. The van der Waals surface area contributed by atoms with E-state index in [4.69, 9.17) is 0 Å². The first-order chi connectivity index (χ1) is 11.3. The molecule has 1 aromatic heterocycles. The largest absolute Gasteiger partial charge is 0.395 e. The van der Waals surface area contributed by atoms with Gasteiger partial charge in [0.2, 0.25) is 0 Å². The van der Waals surface area contributed by atoms with Gasteiger partial charge in [-0.3, -0.25) is 0 Å². The molecule has 0 aromatic carbocycles. The van der Waals surface area contributed by atoms with Gasteiger partial charge >= 0.3 is 6.03 Å². The molecule has 1 unspecified atom stereocenters. The van der Waals surface area contributed by atoms with Crippen molar-refractivity contribution in [3.05, 3.63) is 24.1 Å². The molecule has 7 heteroatoms. The van der Waals surface area contributed by atoms with Crippen LogP contribution >= 0.6 is 0 Å². The third kappa shape index (κ3) is 5.06. The number of nitrogens with one attached hydrogen (secondary N) is 1. The van der Waals surface area contributed by atoms with Gasteiger partial charge in [0.25, 0.3) is 0 Å². The number of rotatable bonds is 5. The number of pyridine rings is 1. The lowest BCUT2D eigenvalue weighted by Gasteiger charge is -2.30. The predicted octanol–water partition coefficient (Wildman–Crippen LogP) is 1.85. The van der Waals surface area contributed by atoms with Crippen LogP contribution in [-0.4, -0.2) is 59.8 Å². The fraction of sp³-hybridized carbons (Fsp3) is 0.647. The maximum Gasteiger partial charge on any atom is 0.317 e. The third-order valence-corrected chi connectivity index (χ3v) is 3.88. The minimum Gasteiger partial charge on any atom is -0.395 e. The molecule has 134 valence electrons. The minimum atomic E-state index is -0.348. The summed E-state index contributed by atoms with van der Waals surface area (Å²) in [6.07, 6.45) is 2.31. The van der Waals surface area contributed by atoms with Gasteiger partial charge in [-0.05, 0) is 24.0 Å². The van der Waals surface area contributed by atoms with Crippen molar-refractivity contribution in [2.45, 2.75) is 33.2 Å². The lowest BCUT2D eigenvalue weighted by molar-refractivity contribution is 0.150. The number of aromatic nitrogens is 1. The maximum absolute atomic E-state index is 13.8. The van der Waals surface area contributed by atoms with Crippen molar-refractivity contribution in [3.63, 3.8) is 0 Å². The summed E-state index contributed by atoms with van der Waals surface area (Å²) in [4.78, 5) is 20.0. The smallest absolute Gasteiger partial charge is 0.317 e. The zero-order chi connectivity index (χ0) is 17.7. The summed E-state index contributed by atoms with van der Waals surface area (Å²) in [5, 5.41) is 12.2. The van der Waals surface area contributed by atoms with E-state index in [-0.39, 0.29) is 29.9 Å². The summed E-state index contributed by atoms with van der Waals surface area (Å²) in [6, 6.07) is 2.71. The van der Waals surface area contributed by atoms with E-state index in [9.17, 15) is 14.3 Å². The molecule has 1 saturated heterocycles. The molecule has 2 amide bonds. The van der Waals surface area contributed by atoms with Gasteiger partial charge in [0.05, 0.1) is 6.61 Å². The molecule has 24 heavy (non-hydrogen) atoms. The molecule has 0 aliphatic carbocycles. The van der Waals surface area contributed by atoms with Gasteiger partial charge in [-0.15, -0.1) is 0 Å². The van der Waals surface area contributed by atoms with Crippen LogP contribution < -0.4 is 10.2 Å². The van der Waals surface area contributed by atoms with Crippen molar-refractivity contribution in [2.24, 2.45) is 5.41 Å². The zero-order valence-electron chi connectivity index (χ0n) is 14.6. The quantitative estimate of drug-likeness (QED) is 0.860. The number of hydrogen-bond acceptors (Lipinski definition) is 4. The topological polar surface area (TPSA) is 68.7 Å². The van der Waals surface area contributed by atoms with Crippen LogP contribution in [-0.2, 0) is 0 Å². The van der Waals surface area contributed by atoms with Crippen LogP contribution in [0.2, 0.25) is 0 Å². The number of nitrogens with zero attached hydrogens (tertiary/aromatic N) is 3. The first kappa shape index (κ1) is 18.4. The Balaban J connectivity index is 1.93. The summed E-state index contributed by atoms with van der Waals surface area (Å²) >= 11 is 0. The zero-order valence-corrected chi connectivity index (χ0v) is 14.6. The normalized spacial score (nSPS) is 17.9. The van der Waals surface area contributed by atoms with Crippen LogP contribution in [0, 0.1) is 11.2 Å². The predicted molar refractivity (Wildman–Crippen MR) is 91.5 cm³/mol. The molecule has 2 rings (SSSR count). The van der Waals surface area contributed by atoms with Crippen molar-refractivity contribution in [1.82, 2.24) is 15.2 Å². The number of urea groups is 1. The van der Waals surface area contributed by atoms with Crippen molar-refractivity contribution in [1.29, 1.82) is 0 Å². The van der Waals surface area contributed by atoms with Gasteiger partial charge in [-0.2, -0.15) is 0 Å². The summed E-state index contributed by atoms with van der Waals surface area (Å²) < 4.78 is 13.8. The Kier molecular flexibility index (Phi) is 5.99. The average Bonchev–Trinajstić information content (AvgIpc) is 2.94. The highest BCUT2D eigenvalue weighted by molar-refractivity contribution is 5.74. The molecule has 0 saturated carbocycles. The van der Waals surface area contributed by atoms with Crippen LogP contribution in [0.15, 0.2) is 18.3 Å². The number of hydrogen-bond donors (Lipinski definition) is 2. The summed E-state index contributed by atoms with van der Waals surface area (Å²) in [6.45, 7) is 8.11. The lowest BCUT2D eigenvalue weighted by Crippen LogP contribution is -2.49. The van der Waals surface area contributed by atoms with E-state index in [1.165, 1.54) is 6.07 Å².